The average molecular weight is 380 g/mol. The molecule has 27 heavy (non-hydrogen) atoms. The number of aliphatic hydroxyl groups excluding tert-OH is 2. The number of rotatable bonds is 6. The highest BCUT2D eigenvalue weighted by atomic mass is 16.6. The predicted molar refractivity (Wildman–Crippen MR) is 90.7 cm³/mol. The Hall–Kier alpha value is -2.88. The lowest BCUT2D eigenvalue weighted by molar-refractivity contribution is -0.150. The highest BCUT2D eigenvalue weighted by molar-refractivity contribution is 6.14. The van der Waals surface area contributed by atoms with Gasteiger partial charge in [0.25, 0.3) is 0 Å². The second kappa shape index (κ2) is 12.5. The van der Waals surface area contributed by atoms with Crippen LogP contribution in [0.25, 0.3) is 0 Å². The first-order valence-electron chi connectivity index (χ1n) is 8.08. The first-order chi connectivity index (χ1) is 13.0. The van der Waals surface area contributed by atoms with E-state index in [1.165, 1.54) is 0 Å². The molecule has 2 aliphatic heterocycles. The summed E-state index contributed by atoms with van der Waals surface area (Å²) in [4.78, 5) is 41.5. The Bertz CT molecular complexity index is 639. The number of benzene rings is 1. The summed E-state index contributed by atoms with van der Waals surface area (Å²) in [5.74, 6) is -2.26. The van der Waals surface area contributed by atoms with Gasteiger partial charge in [0, 0.05) is 38.6 Å². The van der Waals surface area contributed by atoms with Crippen LogP contribution < -0.4 is 0 Å². The number of aliphatic hydroxyl groups is 2. The summed E-state index contributed by atoms with van der Waals surface area (Å²) in [5, 5.41) is 16.6. The molecule has 0 radical (unpaired) electrons. The largest absolute Gasteiger partial charge is 0.396 e. The van der Waals surface area contributed by atoms with Gasteiger partial charge in [0.1, 0.15) is 0 Å². The Morgan fingerprint density at radius 3 is 1.52 bits per heavy atom. The lowest BCUT2D eigenvalue weighted by Crippen LogP contribution is -2.00. The van der Waals surface area contributed by atoms with Gasteiger partial charge in [-0.2, -0.15) is 0 Å². The Kier molecular flexibility index (Phi) is 10.2. The van der Waals surface area contributed by atoms with E-state index in [2.05, 4.69) is 9.47 Å². The van der Waals surface area contributed by atoms with E-state index in [0.29, 0.717) is 37.2 Å². The van der Waals surface area contributed by atoms with Crippen LogP contribution in [0.1, 0.15) is 33.6 Å². The molecular weight excluding hydrogens is 360 g/mol. The molecule has 2 N–H and O–H groups in total. The van der Waals surface area contributed by atoms with Crippen molar-refractivity contribution in [3.05, 3.63) is 47.5 Å². The van der Waals surface area contributed by atoms with E-state index in [-0.39, 0.29) is 13.2 Å². The standard InChI is InChI=1S/C8H4O3.C6H14O3.C4H2O3/c9-7-5-3-1-2-4-6(5)8(10)11-7;7-3-1-5-9-6-2-4-8;5-3-1-2-4(6)7-3/h1-4H;7-8H,1-6H2;1-2H. The summed E-state index contributed by atoms with van der Waals surface area (Å²) in [7, 11) is 0. The molecule has 0 fully saturated rings. The fourth-order valence-electron chi connectivity index (χ4n) is 1.77. The van der Waals surface area contributed by atoms with Crippen LogP contribution in [0.15, 0.2) is 36.4 Å². The lowest BCUT2D eigenvalue weighted by Gasteiger charge is -1.99. The number of carbonyl (C=O) groups excluding carboxylic acids is 4. The molecule has 3 rings (SSSR count). The molecule has 2 heterocycles. The number of ether oxygens (including phenoxy) is 3. The van der Waals surface area contributed by atoms with Gasteiger partial charge in [-0.1, -0.05) is 12.1 Å². The first-order valence-corrected chi connectivity index (χ1v) is 8.08. The van der Waals surface area contributed by atoms with E-state index in [9.17, 15) is 19.2 Å². The Balaban J connectivity index is 0.000000208. The predicted octanol–water partition coefficient (Wildman–Crippen LogP) is 0.391. The molecule has 9 heteroatoms. The number of carbonyl (C=O) groups is 4. The van der Waals surface area contributed by atoms with Crippen LogP contribution >= 0.6 is 0 Å². The lowest BCUT2D eigenvalue weighted by atomic mass is 10.1. The molecule has 1 aromatic rings. The van der Waals surface area contributed by atoms with Crippen LogP contribution in [0, 0.1) is 0 Å². The van der Waals surface area contributed by atoms with Crippen molar-refractivity contribution < 1.29 is 43.6 Å². The molecule has 0 bridgehead atoms. The zero-order valence-corrected chi connectivity index (χ0v) is 14.5. The van der Waals surface area contributed by atoms with Crippen molar-refractivity contribution in [1.82, 2.24) is 0 Å². The van der Waals surface area contributed by atoms with Crippen molar-refractivity contribution in [3.63, 3.8) is 0 Å². The van der Waals surface area contributed by atoms with E-state index in [0.717, 1.165) is 12.2 Å². The Labute approximate surface area is 155 Å². The minimum absolute atomic E-state index is 0.180. The minimum atomic E-state index is -0.579. The highest BCUT2D eigenvalue weighted by Crippen LogP contribution is 2.18. The van der Waals surface area contributed by atoms with Crippen LogP contribution in [0.2, 0.25) is 0 Å². The molecule has 0 saturated heterocycles. The molecule has 2 aliphatic rings. The van der Waals surface area contributed by atoms with Gasteiger partial charge >= 0.3 is 23.9 Å². The monoisotopic (exact) mass is 380 g/mol. The van der Waals surface area contributed by atoms with Gasteiger partial charge in [-0.3, -0.25) is 0 Å². The van der Waals surface area contributed by atoms with E-state index in [4.69, 9.17) is 14.9 Å². The first kappa shape index (κ1) is 22.2. The quantitative estimate of drug-likeness (QED) is 0.408. The van der Waals surface area contributed by atoms with Gasteiger partial charge in [0.2, 0.25) is 0 Å². The van der Waals surface area contributed by atoms with Crippen molar-refractivity contribution in [2.45, 2.75) is 12.8 Å². The third kappa shape index (κ3) is 8.36. The zero-order valence-electron chi connectivity index (χ0n) is 14.5. The SMILES string of the molecule is O=C1C=CC(=O)O1.O=C1OC(=O)c2ccccc21.OCCCOCCCO. The maximum Gasteiger partial charge on any atom is 0.346 e. The number of fused-ring (bicyclic) bond motifs is 1. The molecule has 0 atom stereocenters. The Morgan fingerprint density at radius 2 is 1.19 bits per heavy atom. The Morgan fingerprint density at radius 1 is 0.741 bits per heavy atom. The van der Waals surface area contributed by atoms with E-state index in [1.54, 1.807) is 24.3 Å². The van der Waals surface area contributed by atoms with Crippen LogP contribution in [0.4, 0.5) is 0 Å². The average Bonchev–Trinajstić information content (AvgIpc) is 3.18. The summed E-state index contributed by atoms with van der Waals surface area (Å²) >= 11 is 0. The maximum atomic E-state index is 10.8. The summed E-state index contributed by atoms with van der Waals surface area (Å²) in [6.45, 7) is 1.55. The second-order valence-electron chi connectivity index (χ2n) is 5.06. The highest BCUT2D eigenvalue weighted by Gasteiger charge is 2.28. The van der Waals surface area contributed by atoms with Crippen LogP contribution in [-0.4, -0.2) is 60.5 Å². The summed E-state index contributed by atoms with van der Waals surface area (Å²) in [5.41, 5.74) is 0.718. The zero-order chi connectivity index (χ0) is 20.1. The number of cyclic esters (lactones) is 4. The van der Waals surface area contributed by atoms with Gasteiger partial charge in [0.15, 0.2) is 0 Å². The van der Waals surface area contributed by atoms with Gasteiger partial charge in [-0.25, -0.2) is 19.2 Å². The van der Waals surface area contributed by atoms with Gasteiger partial charge in [-0.15, -0.1) is 0 Å². The summed E-state index contributed by atoms with van der Waals surface area (Å²) in [6, 6.07) is 6.53. The van der Waals surface area contributed by atoms with Crippen molar-refractivity contribution in [1.29, 1.82) is 0 Å². The van der Waals surface area contributed by atoms with Crippen LogP contribution in [-0.2, 0) is 23.8 Å². The second-order valence-corrected chi connectivity index (χ2v) is 5.06. The number of esters is 4. The molecular formula is C18H20O9. The normalized spacial score (nSPS) is 13.9. The minimum Gasteiger partial charge on any atom is -0.396 e. The summed E-state index contributed by atoms with van der Waals surface area (Å²) < 4.78 is 13.3. The fourth-order valence-corrected chi connectivity index (χ4v) is 1.77. The van der Waals surface area contributed by atoms with Gasteiger partial charge < -0.3 is 24.4 Å². The number of hydrogen-bond acceptors (Lipinski definition) is 9. The smallest absolute Gasteiger partial charge is 0.346 e. The molecule has 0 spiro atoms. The molecule has 0 amide bonds. The molecule has 0 aromatic heterocycles. The van der Waals surface area contributed by atoms with E-state index >= 15 is 0 Å². The number of hydrogen-bond donors (Lipinski definition) is 2. The van der Waals surface area contributed by atoms with E-state index < -0.39 is 23.9 Å². The van der Waals surface area contributed by atoms with Crippen LogP contribution in [0.5, 0.6) is 0 Å². The molecule has 1 aromatic carbocycles. The van der Waals surface area contributed by atoms with Crippen molar-refractivity contribution in [2.75, 3.05) is 26.4 Å². The molecule has 0 saturated carbocycles. The third-order valence-corrected chi connectivity index (χ3v) is 3.00. The molecule has 0 aliphatic carbocycles. The molecule has 0 unspecified atom stereocenters. The molecule has 146 valence electrons. The van der Waals surface area contributed by atoms with Gasteiger partial charge in [0.05, 0.1) is 11.1 Å². The fraction of sp³-hybridized carbons (Fsp3) is 0.333. The van der Waals surface area contributed by atoms with Crippen molar-refractivity contribution in [3.8, 4) is 0 Å². The topological polar surface area (TPSA) is 136 Å². The maximum absolute atomic E-state index is 10.8. The molecule has 9 nitrogen and oxygen atoms in total. The van der Waals surface area contributed by atoms with Gasteiger partial charge in [-0.05, 0) is 25.0 Å². The third-order valence-electron chi connectivity index (χ3n) is 3.00. The van der Waals surface area contributed by atoms with Crippen molar-refractivity contribution >= 4 is 23.9 Å². The summed E-state index contributed by atoms with van der Waals surface area (Å²) in [6.07, 6.45) is 3.54. The van der Waals surface area contributed by atoms with Crippen molar-refractivity contribution in [2.24, 2.45) is 0 Å². The van der Waals surface area contributed by atoms with E-state index in [1.807, 2.05) is 0 Å². The van der Waals surface area contributed by atoms with Crippen LogP contribution in [0.3, 0.4) is 0 Å².